The van der Waals surface area contributed by atoms with Crippen molar-refractivity contribution in [2.75, 3.05) is 30.4 Å². The van der Waals surface area contributed by atoms with E-state index in [4.69, 9.17) is 9.97 Å². The molecule has 5 aromatic rings. The van der Waals surface area contributed by atoms with Gasteiger partial charge in [-0.3, -0.25) is 0 Å². The van der Waals surface area contributed by atoms with Crippen molar-refractivity contribution in [2.45, 2.75) is 37.1 Å². The molecule has 1 aliphatic rings. The SMILES string of the molecule is CN(Cc1ccccc1)c1nc(NCC2CCC(CNS(=O)(=O)c3ccc4ccccc4c3)CC2)nc2ccccc12. The fourth-order valence-corrected chi connectivity index (χ4v) is 7.03. The minimum Gasteiger partial charge on any atom is -0.355 e. The van der Waals surface area contributed by atoms with E-state index >= 15 is 0 Å². The summed E-state index contributed by atoms with van der Waals surface area (Å²) in [6.45, 7) is 2.03. The second kappa shape index (κ2) is 12.5. The third-order valence-electron chi connectivity index (χ3n) is 8.32. The molecule has 0 spiro atoms. The molecule has 42 heavy (non-hydrogen) atoms. The van der Waals surface area contributed by atoms with Crippen molar-refractivity contribution < 1.29 is 8.42 Å². The monoisotopic (exact) mass is 579 g/mol. The van der Waals surface area contributed by atoms with Crippen molar-refractivity contribution in [2.24, 2.45) is 11.8 Å². The summed E-state index contributed by atoms with van der Waals surface area (Å²) in [6.07, 6.45) is 4.08. The first-order valence-corrected chi connectivity index (χ1v) is 16.2. The average molecular weight is 580 g/mol. The second-order valence-corrected chi connectivity index (χ2v) is 13.1. The molecule has 0 bridgehead atoms. The molecule has 2 N–H and O–H groups in total. The molecular weight excluding hydrogens is 542 g/mol. The highest BCUT2D eigenvalue weighted by molar-refractivity contribution is 7.89. The highest BCUT2D eigenvalue weighted by Gasteiger charge is 2.24. The van der Waals surface area contributed by atoms with Gasteiger partial charge in [0.2, 0.25) is 16.0 Å². The summed E-state index contributed by atoms with van der Waals surface area (Å²) in [5, 5.41) is 6.51. The summed E-state index contributed by atoms with van der Waals surface area (Å²) >= 11 is 0. The van der Waals surface area contributed by atoms with E-state index in [1.54, 1.807) is 12.1 Å². The number of anilines is 2. The summed E-state index contributed by atoms with van der Waals surface area (Å²) in [5.74, 6) is 2.40. The minimum absolute atomic E-state index is 0.322. The van der Waals surface area contributed by atoms with Crippen LogP contribution < -0.4 is 14.9 Å². The van der Waals surface area contributed by atoms with Crippen LogP contribution in [-0.2, 0) is 16.6 Å². The Morgan fingerprint density at radius 3 is 2.21 bits per heavy atom. The first kappa shape index (κ1) is 28.1. The van der Waals surface area contributed by atoms with Gasteiger partial charge >= 0.3 is 0 Å². The molecule has 0 atom stereocenters. The Kier molecular flexibility index (Phi) is 8.35. The maximum Gasteiger partial charge on any atom is 0.240 e. The molecule has 0 unspecified atom stereocenters. The number of benzene rings is 4. The van der Waals surface area contributed by atoms with Gasteiger partial charge in [-0.05, 0) is 78.1 Å². The van der Waals surface area contributed by atoms with Crippen LogP contribution in [0.15, 0.2) is 102 Å². The van der Waals surface area contributed by atoms with Crippen LogP contribution in [0, 0.1) is 11.8 Å². The van der Waals surface area contributed by atoms with Crippen molar-refractivity contribution in [3.05, 3.63) is 103 Å². The molecular formula is C34H37N5O2S. The van der Waals surface area contributed by atoms with E-state index in [1.807, 2.05) is 54.6 Å². The number of aromatic nitrogens is 2. The molecule has 4 aromatic carbocycles. The topological polar surface area (TPSA) is 87.2 Å². The number of hydrogen-bond donors (Lipinski definition) is 2. The van der Waals surface area contributed by atoms with E-state index in [2.05, 4.69) is 52.3 Å². The molecule has 7 nitrogen and oxygen atoms in total. The molecule has 0 saturated heterocycles. The van der Waals surface area contributed by atoms with Crippen molar-refractivity contribution in [3.8, 4) is 0 Å². The summed E-state index contributed by atoms with van der Waals surface area (Å²) in [6, 6.07) is 31.7. The fraction of sp³-hybridized carbons (Fsp3) is 0.294. The second-order valence-electron chi connectivity index (χ2n) is 11.4. The lowest BCUT2D eigenvalue weighted by Crippen LogP contribution is -2.32. The number of nitrogens with one attached hydrogen (secondary N) is 2. The fourth-order valence-electron chi connectivity index (χ4n) is 5.88. The van der Waals surface area contributed by atoms with E-state index in [0.29, 0.717) is 29.2 Å². The average Bonchev–Trinajstić information content (AvgIpc) is 3.03. The Morgan fingerprint density at radius 2 is 1.43 bits per heavy atom. The van der Waals surface area contributed by atoms with Gasteiger partial charge in [0, 0.05) is 32.1 Å². The van der Waals surface area contributed by atoms with Gasteiger partial charge in [-0.15, -0.1) is 0 Å². The standard InChI is InChI=1S/C34H37N5O2S/c1-39(24-27-9-3-2-4-10-27)33-31-13-7-8-14-32(31)37-34(38-33)35-22-25-15-17-26(18-16-25)23-36-42(40,41)30-20-19-28-11-5-6-12-29(28)21-30/h2-14,19-21,25-26,36H,15-18,22-24H2,1H3,(H,35,37,38). The lowest BCUT2D eigenvalue weighted by atomic mass is 9.82. The predicted octanol–water partition coefficient (Wildman–Crippen LogP) is 6.62. The Morgan fingerprint density at radius 1 is 0.762 bits per heavy atom. The Hall–Kier alpha value is -4.01. The minimum atomic E-state index is -3.54. The summed E-state index contributed by atoms with van der Waals surface area (Å²) in [4.78, 5) is 12.2. The van der Waals surface area contributed by atoms with Gasteiger partial charge < -0.3 is 10.2 Å². The zero-order chi connectivity index (χ0) is 28.9. The first-order chi connectivity index (χ1) is 20.4. The third-order valence-corrected chi connectivity index (χ3v) is 9.74. The molecule has 0 amide bonds. The van der Waals surface area contributed by atoms with Gasteiger partial charge in [-0.2, -0.15) is 4.98 Å². The Labute approximate surface area is 248 Å². The van der Waals surface area contributed by atoms with Gasteiger partial charge in [0.15, 0.2) is 0 Å². The van der Waals surface area contributed by atoms with Crippen molar-refractivity contribution in [1.29, 1.82) is 0 Å². The molecule has 0 aliphatic heterocycles. The maximum absolute atomic E-state index is 13.0. The third kappa shape index (κ3) is 6.55. The smallest absolute Gasteiger partial charge is 0.240 e. The number of para-hydroxylation sites is 1. The number of hydrogen-bond acceptors (Lipinski definition) is 6. The predicted molar refractivity (Wildman–Crippen MR) is 171 cm³/mol. The van der Waals surface area contributed by atoms with Crippen LogP contribution in [0.25, 0.3) is 21.7 Å². The quantitative estimate of drug-likeness (QED) is 0.193. The molecule has 8 heteroatoms. The maximum atomic E-state index is 13.0. The van der Waals surface area contributed by atoms with E-state index < -0.39 is 10.0 Å². The highest BCUT2D eigenvalue weighted by Crippen LogP contribution is 2.30. The Balaban J connectivity index is 1.04. The van der Waals surface area contributed by atoms with E-state index in [9.17, 15) is 8.42 Å². The molecule has 1 aromatic heterocycles. The van der Waals surface area contributed by atoms with Crippen LogP contribution in [0.2, 0.25) is 0 Å². The van der Waals surface area contributed by atoms with E-state index in [1.165, 1.54) is 5.56 Å². The molecule has 1 heterocycles. The normalized spacial score (nSPS) is 17.4. The van der Waals surface area contributed by atoms with Gasteiger partial charge in [0.05, 0.1) is 10.4 Å². The highest BCUT2D eigenvalue weighted by atomic mass is 32.2. The number of rotatable bonds is 10. The van der Waals surface area contributed by atoms with Crippen LogP contribution in [0.3, 0.4) is 0 Å². The summed E-state index contributed by atoms with van der Waals surface area (Å²) in [7, 11) is -1.47. The Bertz CT molecular complexity index is 1770. The van der Waals surface area contributed by atoms with Crippen LogP contribution in [0.4, 0.5) is 11.8 Å². The molecule has 0 radical (unpaired) electrons. The molecule has 1 saturated carbocycles. The summed E-state index contributed by atoms with van der Waals surface area (Å²) < 4.78 is 28.8. The molecule has 6 rings (SSSR count). The summed E-state index contributed by atoms with van der Waals surface area (Å²) in [5.41, 5.74) is 2.15. The van der Waals surface area contributed by atoms with Gasteiger partial charge in [0.25, 0.3) is 0 Å². The van der Waals surface area contributed by atoms with Crippen LogP contribution in [0.1, 0.15) is 31.2 Å². The van der Waals surface area contributed by atoms with E-state index in [0.717, 1.165) is 66.3 Å². The molecule has 216 valence electrons. The van der Waals surface area contributed by atoms with E-state index in [-0.39, 0.29) is 0 Å². The van der Waals surface area contributed by atoms with Gasteiger partial charge in [-0.25, -0.2) is 18.1 Å². The van der Waals surface area contributed by atoms with Crippen LogP contribution >= 0.6 is 0 Å². The number of fused-ring (bicyclic) bond motifs is 2. The van der Waals surface area contributed by atoms with Crippen LogP contribution in [0.5, 0.6) is 0 Å². The van der Waals surface area contributed by atoms with Crippen LogP contribution in [-0.4, -0.2) is 38.5 Å². The zero-order valence-electron chi connectivity index (χ0n) is 23.9. The molecule has 1 fully saturated rings. The van der Waals surface area contributed by atoms with Crippen molar-refractivity contribution in [3.63, 3.8) is 0 Å². The largest absolute Gasteiger partial charge is 0.355 e. The zero-order valence-corrected chi connectivity index (χ0v) is 24.7. The van der Waals surface area contributed by atoms with Gasteiger partial charge in [0.1, 0.15) is 5.82 Å². The van der Waals surface area contributed by atoms with Crippen molar-refractivity contribution >= 4 is 43.5 Å². The molecule has 1 aliphatic carbocycles. The number of sulfonamides is 1. The lowest BCUT2D eigenvalue weighted by Gasteiger charge is -2.29. The van der Waals surface area contributed by atoms with Gasteiger partial charge in [-0.1, -0.05) is 72.8 Å². The first-order valence-electron chi connectivity index (χ1n) is 14.7. The van der Waals surface area contributed by atoms with Crippen molar-refractivity contribution in [1.82, 2.24) is 14.7 Å². The number of nitrogens with zero attached hydrogens (tertiary/aromatic N) is 3. The lowest BCUT2D eigenvalue weighted by molar-refractivity contribution is 0.284.